The summed E-state index contributed by atoms with van der Waals surface area (Å²) in [6.07, 6.45) is 0. The summed E-state index contributed by atoms with van der Waals surface area (Å²) in [6, 6.07) is 17.7. The molecule has 2 N–H and O–H groups in total. The SMILES string of the molecule is CCOc1ccccc1N1CCN(C(=O)C(C)C(N)c2ccccc2)CC1.Cl.Cl. The van der Waals surface area contributed by atoms with Crippen LogP contribution in [0.3, 0.4) is 0 Å². The van der Waals surface area contributed by atoms with E-state index in [0.29, 0.717) is 19.7 Å². The van der Waals surface area contributed by atoms with Gasteiger partial charge in [0.05, 0.1) is 18.2 Å². The number of benzene rings is 2. The van der Waals surface area contributed by atoms with Gasteiger partial charge in [-0.1, -0.05) is 49.4 Å². The van der Waals surface area contributed by atoms with Gasteiger partial charge in [-0.05, 0) is 24.6 Å². The summed E-state index contributed by atoms with van der Waals surface area (Å²) in [7, 11) is 0. The molecule has 1 fully saturated rings. The third kappa shape index (κ3) is 6.01. The summed E-state index contributed by atoms with van der Waals surface area (Å²) < 4.78 is 5.74. The van der Waals surface area contributed by atoms with Gasteiger partial charge in [-0.15, -0.1) is 24.8 Å². The van der Waals surface area contributed by atoms with Gasteiger partial charge in [-0.2, -0.15) is 0 Å². The predicted molar refractivity (Wildman–Crippen MR) is 123 cm³/mol. The van der Waals surface area contributed by atoms with Crippen molar-refractivity contribution in [2.24, 2.45) is 11.7 Å². The summed E-state index contributed by atoms with van der Waals surface area (Å²) in [5, 5.41) is 0. The number of carbonyl (C=O) groups excluding carboxylic acids is 1. The van der Waals surface area contributed by atoms with Crippen molar-refractivity contribution in [3.05, 3.63) is 60.2 Å². The number of anilines is 1. The second-order valence-electron chi connectivity index (χ2n) is 6.94. The van der Waals surface area contributed by atoms with Crippen molar-refractivity contribution in [1.29, 1.82) is 0 Å². The van der Waals surface area contributed by atoms with Crippen molar-refractivity contribution < 1.29 is 9.53 Å². The molecule has 1 saturated heterocycles. The molecule has 2 aromatic carbocycles. The number of para-hydroxylation sites is 2. The van der Waals surface area contributed by atoms with E-state index in [1.54, 1.807) is 0 Å². The van der Waals surface area contributed by atoms with Gasteiger partial charge in [0.15, 0.2) is 0 Å². The molecule has 3 rings (SSSR count). The first-order chi connectivity index (χ1) is 13.1. The second kappa shape index (κ2) is 11.9. The van der Waals surface area contributed by atoms with Crippen LogP contribution in [0.15, 0.2) is 54.6 Å². The first-order valence-corrected chi connectivity index (χ1v) is 9.68. The maximum atomic E-state index is 12.9. The molecule has 2 atom stereocenters. The maximum absolute atomic E-state index is 12.9. The van der Waals surface area contributed by atoms with Crippen LogP contribution >= 0.6 is 24.8 Å². The van der Waals surface area contributed by atoms with Crippen molar-refractivity contribution in [3.63, 3.8) is 0 Å². The topological polar surface area (TPSA) is 58.8 Å². The smallest absolute Gasteiger partial charge is 0.227 e. The fraction of sp³-hybridized carbons (Fsp3) is 0.409. The third-order valence-electron chi connectivity index (χ3n) is 5.21. The molecule has 1 aliphatic heterocycles. The average molecular weight is 440 g/mol. The highest BCUT2D eigenvalue weighted by molar-refractivity contribution is 5.85. The molecular weight excluding hydrogens is 409 g/mol. The molecule has 0 saturated carbocycles. The zero-order valence-electron chi connectivity index (χ0n) is 17.0. The van der Waals surface area contributed by atoms with Gasteiger partial charge in [0, 0.05) is 32.2 Å². The van der Waals surface area contributed by atoms with Crippen LogP contribution in [0.1, 0.15) is 25.5 Å². The third-order valence-corrected chi connectivity index (χ3v) is 5.21. The zero-order chi connectivity index (χ0) is 19.2. The van der Waals surface area contributed by atoms with E-state index in [4.69, 9.17) is 10.5 Å². The summed E-state index contributed by atoms with van der Waals surface area (Å²) in [6.45, 7) is 7.55. The number of nitrogens with two attached hydrogens (primary N) is 1. The van der Waals surface area contributed by atoms with Crippen molar-refractivity contribution in [2.45, 2.75) is 19.9 Å². The number of halogens is 2. The van der Waals surface area contributed by atoms with Gasteiger partial charge in [0.25, 0.3) is 0 Å². The quantitative estimate of drug-likeness (QED) is 0.740. The largest absolute Gasteiger partial charge is 0.492 e. The minimum absolute atomic E-state index is 0. The number of amides is 1. The van der Waals surface area contributed by atoms with E-state index < -0.39 is 0 Å². The Kier molecular flexibility index (Phi) is 10.3. The van der Waals surface area contributed by atoms with E-state index in [9.17, 15) is 4.79 Å². The molecule has 1 aliphatic rings. The van der Waals surface area contributed by atoms with Crippen LogP contribution < -0.4 is 15.4 Å². The molecule has 1 amide bonds. The summed E-state index contributed by atoms with van der Waals surface area (Å²) in [4.78, 5) is 17.2. The van der Waals surface area contributed by atoms with E-state index in [-0.39, 0.29) is 42.7 Å². The van der Waals surface area contributed by atoms with Crippen molar-refractivity contribution >= 4 is 36.4 Å². The van der Waals surface area contributed by atoms with E-state index in [1.165, 1.54) is 0 Å². The Balaban J connectivity index is 0.00000210. The van der Waals surface area contributed by atoms with Gasteiger partial charge in [-0.3, -0.25) is 4.79 Å². The molecule has 0 spiro atoms. The predicted octanol–water partition coefficient (Wildman–Crippen LogP) is 3.91. The fourth-order valence-electron chi connectivity index (χ4n) is 3.57. The average Bonchev–Trinajstić information content (AvgIpc) is 2.73. The molecule has 2 aromatic rings. The Morgan fingerprint density at radius 3 is 2.21 bits per heavy atom. The number of nitrogens with zero attached hydrogens (tertiary/aromatic N) is 2. The number of hydrogen-bond acceptors (Lipinski definition) is 4. The number of carbonyl (C=O) groups is 1. The second-order valence-corrected chi connectivity index (χ2v) is 6.94. The Bertz CT molecular complexity index is 753. The minimum atomic E-state index is -0.282. The minimum Gasteiger partial charge on any atom is -0.492 e. The van der Waals surface area contributed by atoms with Crippen LogP contribution in [0.5, 0.6) is 5.75 Å². The number of rotatable bonds is 6. The van der Waals surface area contributed by atoms with Crippen molar-refractivity contribution in [1.82, 2.24) is 4.90 Å². The fourth-order valence-corrected chi connectivity index (χ4v) is 3.57. The molecule has 5 nitrogen and oxygen atoms in total. The number of piperazine rings is 1. The standard InChI is InChI=1S/C22H29N3O2.2ClH/c1-3-27-20-12-8-7-11-19(20)24-13-15-25(16-14-24)22(26)17(2)21(23)18-9-5-4-6-10-18;;/h4-12,17,21H,3,13-16,23H2,1-2H3;2*1H. The monoisotopic (exact) mass is 439 g/mol. The Morgan fingerprint density at radius 2 is 1.59 bits per heavy atom. The van der Waals surface area contributed by atoms with Gasteiger partial charge in [0.1, 0.15) is 5.75 Å². The van der Waals surface area contributed by atoms with Crippen molar-refractivity contribution in [3.8, 4) is 5.75 Å². The van der Waals surface area contributed by atoms with E-state index in [1.807, 2.05) is 67.3 Å². The summed E-state index contributed by atoms with van der Waals surface area (Å²) >= 11 is 0. The lowest BCUT2D eigenvalue weighted by molar-refractivity contribution is -0.136. The zero-order valence-corrected chi connectivity index (χ0v) is 18.6. The van der Waals surface area contributed by atoms with Crippen molar-refractivity contribution in [2.75, 3.05) is 37.7 Å². The van der Waals surface area contributed by atoms with Crippen LogP contribution in [-0.4, -0.2) is 43.6 Å². The van der Waals surface area contributed by atoms with Crippen LogP contribution in [0, 0.1) is 5.92 Å². The molecule has 0 aliphatic carbocycles. The summed E-state index contributed by atoms with van der Waals surface area (Å²) in [5.41, 5.74) is 8.44. The van der Waals surface area contributed by atoms with Crippen LogP contribution in [-0.2, 0) is 4.79 Å². The molecule has 7 heteroatoms. The Labute approximate surface area is 186 Å². The lowest BCUT2D eigenvalue weighted by atomic mass is 9.94. The Morgan fingerprint density at radius 1 is 1.00 bits per heavy atom. The highest BCUT2D eigenvalue weighted by Crippen LogP contribution is 2.29. The van der Waals surface area contributed by atoms with Gasteiger partial charge >= 0.3 is 0 Å². The van der Waals surface area contributed by atoms with Crippen LogP contribution in [0.4, 0.5) is 5.69 Å². The normalized spacial score (nSPS) is 15.6. The van der Waals surface area contributed by atoms with E-state index >= 15 is 0 Å². The number of ether oxygens (including phenoxy) is 1. The highest BCUT2D eigenvalue weighted by Gasteiger charge is 2.29. The van der Waals surface area contributed by atoms with Crippen LogP contribution in [0.25, 0.3) is 0 Å². The van der Waals surface area contributed by atoms with E-state index in [0.717, 1.165) is 30.1 Å². The van der Waals surface area contributed by atoms with Crippen LogP contribution in [0.2, 0.25) is 0 Å². The van der Waals surface area contributed by atoms with Gasteiger partial charge in [0.2, 0.25) is 5.91 Å². The molecular formula is C22H31Cl2N3O2. The molecule has 0 bridgehead atoms. The molecule has 0 radical (unpaired) electrons. The molecule has 29 heavy (non-hydrogen) atoms. The van der Waals surface area contributed by atoms with E-state index in [2.05, 4.69) is 11.0 Å². The lowest BCUT2D eigenvalue weighted by Gasteiger charge is -2.38. The molecule has 2 unspecified atom stereocenters. The maximum Gasteiger partial charge on any atom is 0.227 e. The first kappa shape index (κ1) is 25.1. The highest BCUT2D eigenvalue weighted by atomic mass is 35.5. The molecule has 1 heterocycles. The molecule has 160 valence electrons. The molecule has 0 aromatic heterocycles. The number of hydrogen-bond donors (Lipinski definition) is 1. The first-order valence-electron chi connectivity index (χ1n) is 9.68. The Hall–Kier alpha value is -1.95. The van der Waals surface area contributed by atoms with Gasteiger partial charge in [-0.25, -0.2) is 0 Å². The summed E-state index contributed by atoms with van der Waals surface area (Å²) in [5.74, 6) is 0.790. The van der Waals surface area contributed by atoms with Gasteiger partial charge < -0.3 is 20.3 Å². The lowest BCUT2D eigenvalue weighted by Crippen LogP contribution is -2.51.